The highest BCUT2D eigenvalue weighted by atomic mass is 32.2. The van der Waals surface area contributed by atoms with E-state index in [2.05, 4.69) is 38.6 Å². The van der Waals surface area contributed by atoms with E-state index in [9.17, 15) is 4.21 Å². The van der Waals surface area contributed by atoms with Gasteiger partial charge in [-0.05, 0) is 56.6 Å². The highest BCUT2D eigenvalue weighted by Gasteiger charge is 2.39. The molecule has 0 amide bonds. The van der Waals surface area contributed by atoms with E-state index in [1.165, 1.54) is 0 Å². The van der Waals surface area contributed by atoms with Crippen LogP contribution in [0.4, 0.5) is 0 Å². The van der Waals surface area contributed by atoms with Crippen LogP contribution in [0.5, 0.6) is 5.75 Å². The van der Waals surface area contributed by atoms with Crippen molar-refractivity contribution < 1.29 is 13.4 Å². The minimum Gasteiger partial charge on any atom is -0.544 e. The topological polar surface area (TPSA) is 47.6 Å². The molecule has 1 rings (SSSR count). The van der Waals surface area contributed by atoms with Gasteiger partial charge in [0.25, 0.3) is 0 Å². The Morgan fingerprint density at radius 2 is 1.60 bits per heavy atom. The van der Waals surface area contributed by atoms with Crippen LogP contribution in [0.15, 0.2) is 24.3 Å². The molecule has 1 N–H and O–H groups in total. The summed E-state index contributed by atoms with van der Waals surface area (Å²) in [7, 11) is -1.35. The van der Waals surface area contributed by atoms with E-state index in [4.69, 9.17) is 9.16 Å². The van der Waals surface area contributed by atoms with Crippen molar-refractivity contribution in [1.29, 1.82) is 0 Å². The quantitative estimate of drug-likeness (QED) is 0.685. The van der Waals surface area contributed by atoms with Crippen molar-refractivity contribution >= 4 is 19.3 Å². The van der Waals surface area contributed by atoms with Crippen LogP contribution in [0.25, 0.3) is 0 Å². The minimum atomic E-state index is -1.85. The first-order chi connectivity index (χ1) is 11.3. The van der Waals surface area contributed by atoms with Gasteiger partial charge in [-0.15, -0.1) is 0 Å². The largest absolute Gasteiger partial charge is 0.544 e. The van der Waals surface area contributed by atoms with Crippen molar-refractivity contribution in [2.75, 3.05) is 13.7 Å². The van der Waals surface area contributed by atoms with Gasteiger partial charge >= 0.3 is 0 Å². The Labute approximate surface area is 157 Å². The van der Waals surface area contributed by atoms with Crippen molar-refractivity contribution in [2.24, 2.45) is 0 Å². The van der Waals surface area contributed by atoms with Crippen molar-refractivity contribution in [3.05, 3.63) is 29.8 Å². The van der Waals surface area contributed by atoms with Crippen LogP contribution >= 0.6 is 0 Å². The molecular formula is C19H35NO3SSi. The van der Waals surface area contributed by atoms with Gasteiger partial charge in [-0.25, -0.2) is 8.93 Å². The Morgan fingerprint density at radius 3 is 2.00 bits per heavy atom. The van der Waals surface area contributed by atoms with E-state index in [1.807, 2.05) is 45.0 Å². The lowest BCUT2D eigenvalue weighted by Crippen LogP contribution is -2.43. The van der Waals surface area contributed by atoms with Crippen molar-refractivity contribution in [3.8, 4) is 5.75 Å². The molecule has 0 unspecified atom stereocenters. The molecule has 0 bridgehead atoms. The summed E-state index contributed by atoms with van der Waals surface area (Å²) in [4.78, 5) is 0. The third-order valence-corrected chi connectivity index (χ3v) is 10.6. The van der Waals surface area contributed by atoms with Crippen LogP contribution < -0.4 is 9.15 Å². The predicted molar refractivity (Wildman–Crippen MR) is 110 cm³/mol. The maximum atomic E-state index is 12.4. The number of hydrogen-bond donors (Lipinski definition) is 1. The zero-order valence-electron chi connectivity index (χ0n) is 17.2. The average molecular weight is 386 g/mol. The summed E-state index contributed by atoms with van der Waals surface area (Å²) in [6, 6.07) is 7.94. The number of hydrogen-bond acceptors (Lipinski definition) is 3. The number of benzene rings is 1. The molecule has 0 aliphatic rings. The summed E-state index contributed by atoms with van der Waals surface area (Å²) in [5.74, 6) is 0.892. The zero-order valence-corrected chi connectivity index (χ0v) is 19.0. The normalized spacial score (nSPS) is 15.7. The number of nitrogens with one attached hydrogen (secondary N) is 1. The molecule has 1 aromatic carbocycles. The second-order valence-corrected chi connectivity index (χ2v) is 15.7. The zero-order chi connectivity index (χ0) is 19.5. The van der Waals surface area contributed by atoms with Gasteiger partial charge in [-0.1, -0.05) is 32.9 Å². The van der Waals surface area contributed by atoms with E-state index in [1.54, 1.807) is 7.11 Å². The van der Waals surface area contributed by atoms with Crippen molar-refractivity contribution in [3.63, 3.8) is 0 Å². The summed E-state index contributed by atoms with van der Waals surface area (Å²) in [5.41, 5.74) is 1.04. The van der Waals surface area contributed by atoms with Crippen LogP contribution in [-0.4, -0.2) is 31.0 Å². The highest BCUT2D eigenvalue weighted by Crippen LogP contribution is 2.37. The SMILES string of the molecule is COC[C@H](N[S@](=O)C(C)(C)C)c1ccc(O[Si](C)(C)C(C)(C)C)cc1. The lowest BCUT2D eigenvalue weighted by molar-refractivity contribution is 0.176. The number of rotatable bonds is 7. The first-order valence-corrected chi connectivity index (χ1v) is 12.8. The number of methoxy groups -OCH3 is 1. The van der Waals surface area contributed by atoms with Gasteiger partial charge in [-0.3, -0.25) is 0 Å². The third-order valence-electron chi connectivity index (χ3n) is 4.60. The molecule has 144 valence electrons. The average Bonchev–Trinajstić information content (AvgIpc) is 2.45. The second kappa shape index (κ2) is 8.33. The van der Waals surface area contributed by atoms with E-state index < -0.39 is 19.3 Å². The monoisotopic (exact) mass is 385 g/mol. The van der Waals surface area contributed by atoms with Crippen LogP contribution in [-0.2, 0) is 15.7 Å². The first-order valence-electron chi connectivity index (χ1n) is 8.74. The lowest BCUT2D eigenvalue weighted by Gasteiger charge is -2.36. The fourth-order valence-corrected chi connectivity index (χ4v) is 3.73. The summed E-state index contributed by atoms with van der Waals surface area (Å²) in [5, 5.41) is 0.162. The molecule has 0 saturated heterocycles. The van der Waals surface area contributed by atoms with Gasteiger partial charge in [0.05, 0.1) is 28.4 Å². The first kappa shape index (κ1) is 22.3. The molecule has 0 spiro atoms. The summed E-state index contributed by atoms with van der Waals surface area (Å²) >= 11 is 0. The molecule has 4 nitrogen and oxygen atoms in total. The van der Waals surface area contributed by atoms with Gasteiger partial charge in [0.15, 0.2) is 0 Å². The molecular weight excluding hydrogens is 350 g/mol. The standard InChI is InChI=1S/C19H35NO3SSi/c1-18(2,3)24(21)20-17(14-22-7)15-10-12-16(13-11-15)23-25(8,9)19(4,5)6/h10-13,17,20H,14H2,1-9H3/t17-,24+/m0/s1. The smallest absolute Gasteiger partial charge is 0.250 e. The predicted octanol–water partition coefficient (Wildman–Crippen LogP) is 4.81. The molecule has 25 heavy (non-hydrogen) atoms. The second-order valence-electron chi connectivity index (χ2n) is 8.94. The van der Waals surface area contributed by atoms with Crippen LogP contribution in [0.3, 0.4) is 0 Å². The molecule has 2 atom stereocenters. The minimum absolute atomic E-state index is 0.119. The van der Waals surface area contributed by atoms with Crippen LogP contribution in [0, 0.1) is 0 Å². The Balaban J connectivity index is 2.92. The van der Waals surface area contributed by atoms with E-state index in [0.29, 0.717) is 6.61 Å². The van der Waals surface area contributed by atoms with Gasteiger partial charge in [-0.2, -0.15) is 0 Å². The Hall–Kier alpha value is -0.693. The molecule has 0 radical (unpaired) electrons. The molecule has 0 heterocycles. The van der Waals surface area contributed by atoms with Gasteiger partial charge in [0.1, 0.15) is 5.75 Å². The maximum Gasteiger partial charge on any atom is 0.250 e. The third kappa shape index (κ3) is 6.51. The van der Waals surface area contributed by atoms with Crippen LogP contribution in [0.1, 0.15) is 53.1 Å². The molecule has 1 aromatic rings. The molecule has 0 saturated carbocycles. The number of ether oxygens (including phenoxy) is 1. The molecule has 0 fully saturated rings. The van der Waals surface area contributed by atoms with Gasteiger partial charge in [0, 0.05) is 7.11 Å². The Kier molecular flexibility index (Phi) is 7.45. The molecule has 0 aliphatic carbocycles. The van der Waals surface area contributed by atoms with E-state index in [0.717, 1.165) is 11.3 Å². The molecule has 6 heteroatoms. The van der Waals surface area contributed by atoms with E-state index >= 15 is 0 Å². The lowest BCUT2D eigenvalue weighted by atomic mass is 10.1. The Bertz CT molecular complexity index is 574. The van der Waals surface area contributed by atoms with E-state index in [-0.39, 0.29) is 15.8 Å². The van der Waals surface area contributed by atoms with Crippen LogP contribution in [0.2, 0.25) is 18.1 Å². The fraction of sp³-hybridized carbons (Fsp3) is 0.684. The summed E-state index contributed by atoms with van der Waals surface area (Å²) in [6.45, 7) is 17.5. The Morgan fingerprint density at radius 1 is 1.08 bits per heavy atom. The summed E-state index contributed by atoms with van der Waals surface area (Å²) < 4.78 is 26.9. The highest BCUT2D eigenvalue weighted by molar-refractivity contribution is 7.84. The summed E-state index contributed by atoms with van der Waals surface area (Å²) in [6.07, 6.45) is 0. The van der Waals surface area contributed by atoms with Gasteiger partial charge in [0.2, 0.25) is 8.32 Å². The maximum absolute atomic E-state index is 12.4. The van der Waals surface area contributed by atoms with Crippen molar-refractivity contribution in [1.82, 2.24) is 4.72 Å². The van der Waals surface area contributed by atoms with Gasteiger partial charge < -0.3 is 9.16 Å². The van der Waals surface area contributed by atoms with Crippen molar-refractivity contribution in [2.45, 2.75) is 70.5 Å². The molecule has 0 aromatic heterocycles. The fourth-order valence-electron chi connectivity index (χ4n) is 1.89. The molecule has 0 aliphatic heterocycles.